The highest BCUT2D eigenvalue weighted by molar-refractivity contribution is 6.10. The van der Waals surface area contributed by atoms with Crippen LogP contribution in [-0.2, 0) is 4.79 Å². The van der Waals surface area contributed by atoms with Crippen molar-refractivity contribution in [3.8, 4) is 6.07 Å². The quantitative estimate of drug-likeness (QED) is 0.684. The fourth-order valence-corrected chi connectivity index (χ4v) is 2.09. The molecule has 0 spiro atoms. The second-order valence-electron chi connectivity index (χ2n) is 5.08. The maximum Gasteiger partial charge on any atom is 0.266 e. The first kappa shape index (κ1) is 16.4. The monoisotopic (exact) mass is 312 g/mol. The zero-order valence-electron chi connectivity index (χ0n) is 12.7. The highest BCUT2D eigenvalue weighted by atomic mass is 19.1. The SMILES string of the molecule is Cc1ccc(NC(=O)/C(C#N)=C/c2c(F)cccc2F)c(C)c1. The molecule has 0 aliphatic carbocycles. The zero-order valence-corrected chi connectivity index (χ0v) is 12.7. The Kier molecular flexibility index (Phi) is 4.87. The van der Waals surface area contributed by atoms with Crippen LogP contribution < -0.4 is 5.32 Å². The minimum atomic E-state index is -0.836. The third-order valence-electron chi connectivity index (χ3n) is 3.28. The van der Waals surface area contributed by atoms with Gasteiger partial charge in [-0.25, -0.2) is 8.78 Å². The summed E-state index contributed by atoms with van der Waals surface area (Å²) in [6.45, 7) is 3.73. The van der Waals surface area contributed by atoms with E-state index in [0.29, 0.717) is 5.69 Å². The minimum Gasteiger partial charge on any atom is -0.321 e. The lowest BCUT2D eigenvalue weighted by molar-refractivity contribution is -0.112. The molecule has 0 aromatic heterocycles. The molecule has 0 radical (unpaired) electrons. The third-order valence-corrected chi connectivity index (χ3v) is 3.28. The summed E-state index contributed by atoms with van der Waals surface area (Å²) in [4.78, 5) is 12.2. The lowest BCUT2D eigenvalue weighted by Gasteiger charge is -2.08. The first-order valence-corrected chi connectivity index (χ1v) is 6.87. The van der Waals surface area contributed by atoms with Gasteiger partial charge in [0.1, 0.15) is 23.3 Å². The fourth-order valence-electron chi connectivity index (χ4n) is 2.09. The number of amides is 1. The number of aryl methyl sites for hydroxylation is 2. The summed E-state index contributed by atoms with van der Waals surface area (Å²) in [6.07, 6.45) is 0.906. The average Bonchev–Trinajstić information content (AvgIpc) is 2.50. The standard InChI is InChI=1S/C18H14F2N2O/c1-11-6-7-17(12(2)8-11)22-18(23)13(10-21)9-14-15(19)4-3-5-16(14)20/h3-9H,1-2H3,(H,22,23)/b13-9+. The van der Waals surface area contributed by atoms with Gasteiger partial charge in [0.25, 0.3) is 5.91 Å². The molecule has 2 aromatic carbocycles. The zero-order chi connectivity index (χ0) is 17.0. The molecule has 3 nitrogen and oxygen atoms in total. The maximum absolute atomic E-state index is 13.6. The summed E-state index contributed by atoms with van der Waals surface area (Å²) in [5.74, 6) is -2.39. The first-order valence-electron chi connectivity index (χ1n) is 6.87. The molecule has 0 unspecified atom stereocenters. The predicted octanol–water partition coefficient (Wildman–Crippen LogP) is 4.13. The van der Waals surface area contributed by atoms with Crippen LogP contribution in [0.4, 0.5) is 14.5 Å². The molecule has 1 N–H and O–H groups in total. The van der Waals surface area contributed by atoms with Crippen molar-refractivity contribution in [2.45, 2.75) is 13.8 Å². The molecule has 0 fully saturated rings. The average molecular weight is 312 g/mol. The number of anilines is 1. The van der Waals surface area contributed by atoms with Crippen molar-refractivity contribution in [1.82, 2.24) is 0 Å². The third kappa shape index (κ3) is 3.80. The van der Waals surface area contributed by atoms with Crippen LogP contribution in [0.15, 0.2) is 42.0 Å². The Morgan fingerprint density at radius 1 is 1.17 bits per heavy atom. The van der Waals surface area contributed by atoms with Crippen molar-refractivity contribution in [2.75, 3.05) is 5.32 Å². The molecule has 0 heterocycles. The number of carbonyl (C=O) groups excluding carboxylic acids is 1. The van der Waals surface area contributed by atoms with Gasteiger partial charge in [-0.15, -0.1) is 0 Å². The van der Waals surface area contributed by atoms with Gasteiger partial charge in [0.2, 0.25) is 0 Å². The van der Waals surface area contributed by atoms with E-state index in [1.165, 1.54) is 6.07 Å². The second-order valence-corrected chi connectivity index (χ2v) is 5.08. The Bertz CT molecular complexity index is 815. The van der Waals surface area contributed by atoms with Crippen molar-refractivity contribution in [1.29, 1.82) is 5.26 Å². The van der Waals surface area contributed by atoms with Crippen molar-refractivity contribution >= 4 is 17.7 Å². The Hall–Kier alpha value is -3.00. The number of carbonyl (C=O) groups is 1. The molecule has 116 valence electrons. The molecule has 23 heavy (non-hydrogen) atoms. The molecule has 0 aliphatic rings. The van der Waals surface area contributed by atoms with Crippen molar-refractivity contribution in [3.63, 3.8) is 0 Å². The second kappa shape index (κ2) is 6.84. The molecule has 0 saturated carbocycles. The summed E-state index contributed by atoms with van der Waals surface area (Å²) in [5, 5.41) is 11.7. The topological polar surface area (TPSA) is 52.9 Å². The Balaban J connectivity index is 2.32. The highest BCUT2D eigenvalue weighted by Gasteiger charge is 2.14. The van der Waals surface area contributed by atoms with E-state index in [1.807, 2.05) is 26.0 Å². The maximum atomic E-state index is 13.6. The number of hydrogen-bond acceptors (Lipinski definition) is 2. The summed E-state index contributed by atoms with van der Waals surface area (Å²) < 4.78 is 27.2. The van der Waals surface area contributed by atoms with Gasteiger partial charge in [0.05, 0.1) is 0 Å². The number of hydrogen-bond donors (Lipinski definition) is 1. The van der Waals surface area contributed by atoms with Crippen LogP contribution >= 0.6 is 0 Å². The van der Waals surface area contributed by atoms with Crippen LogP contribution in [0.1, 0.15) is 16.7 Å². The van der Waals surface area contributed by atoms with E-state index < -0.39 is 23.1 Å². The van der Waals surface area contributed by atoms with Gasteiger partial charge >= 0.3 is 0 Å². The number of nitrogens with one attached hydrogen (secondary N) is 1. The lowest BCUT2D eigenvalue weighted by atomic mass is 10.1. The van der Waals surface area contributed by atoms with Crippen LogP contribution in [0.25, 0.3) is 6.08 Å². The van der Waals surface area contributed by atoms with Gasteiger partial charge in [-0.05, 0) is 43.7 Å². The van der Waals surface area contributed by atoms with Gasteiger partial charge in [-0.1, -0.05) is 23.8 Å². The van der Waals surface area contributed by atoms with E-state index in [-0.39, 0.29) is 5.57 Å². The molecular weight excluding hydrogens is 298 g/mol. The molecule has 0 aliphatic heterocycles. The molecule has 5 heteroatoms. The van der Waals surface area contributed by atoms with Crippen LogP contribution in [0, 0.1) is 36.8 Å². The predicted molar refractivity (Wildman–Crippen MR) is 84.5 cm³/mol. The van der Waals surface area contributed by atoms with E-state index in [0.717, 1.165) is 29.3 Å². The van der Waals surface area contributed by atoms with Gasteiger partial charge in [-0.2, -0.15) is 5.26 Å². The lowest BCUT2D eigenvalue weighted by Crippen LogP contribution is -2.14. The summed E-state index contributed by atoms with van der Waals surface area (Å²) in [7, 11) is 0. The normalized spacial score (nSPS) is 11.0. The van der Waals surface area contributed by atoms with Crippen LogP contribution in [0.5, 0.6) is 0 Å². The smallest absolute Gasteiger partial charge is 0.266 e. The molecular formula is C18H14F2N2O. The Morgan fingerprint density at radius 2 is 1.83 bits per heavy atom. The van der Waals surface area contributed by atoms with Crippen molar-refractivity contribution in [3.05, 3.63) is 70.3 Å². The largest absolute Gasteiger partial charge is 0.321 e. The van der Waals surface area contributed by atoms with E-state index in [9.17, 15) is 13.6 Å². The Labute approximate surface area is 132 Å². The van der Waals surface area contributed by atoms with Gasteiger partial charge < -0.3 is 5.32 Å². The molecule has 2 rings (SSSR count). The number of benzene rings is 2. The van der Waals surface area contributed by atoms with E-state index in [4.69, 9.17) is 5.26 Å². The Morgan fingerprint density at radius 3 is 2.39 bits per heavy atom. The van der Waals surface area contributed by atoms with Gasteiger partial charge in [0, 0.05) is 11.3 Å². The molecule has 0 atom stereocenters. The summed E-state index contributed by atoms with van der Waals surface area (Å²) >= 11 is 0. The van der Waals surface area contributed by atoms with Gasteiger partial charge in [0.15, 0.2) is 0 Å². The van der Waals surface area contributed by atoms with Crippen LogP contribution in [0.3, 0.4) is 0 Å². The van der Waals surface area contributed by atoms with Gasteiger partial charge in [-0.3, -0.25) is 4.79 Å². The van der Waals surface area contributed by atoms with Crippen LogP contribution in [0.2, 0.25) is 0 Å². The fraction of sp³-hybridized carbons (Fsp3) is 0.111. The molecule has 0 bridgehead atoms. The van der Waals surface area contributed by atoms with E-state index in [2.05, 4.69) is 5.32 Å². The van der Waals surface area contributed by atoms with E-state index >= 15 is 0 Å². The van der Waals surface area contributed by atoms with Crippen molar-refractivity contribution in [2.24, 2.45) is 0 Å². The molecule has 0 saturated heterocycles. The number of halogens is 2. The first-order chi connectivity index (χ1) is 10.9. The highest BCUT2D eigenvalue weighted by Crippen LogP contribution is 2.19. The van der Waals surface area contributed by atoms with E-state index in [1.54, 1.807) is 12.1 Å². The van der Waals surface area contributed by atoms with Crippen LogP contribution in [-0.4, -0.2) is 5.91 Å². The van der Waals surface area contributed by atoms with Crippen molar-refractivity contribution < 1.29 is 13.6 Å². The number of nitrogens with zero attached hydrogens (tertiary/aromatic N) is 1. The summed E-state index contributed by atoms with van der Waals surface area (Å²) in [5.41, 5.74) is 1.60. The number of rotatable bonds is 3. The molecule has 2 aromatic rings. The minimum absolute atomic E-state index is 0.381. The molecule has 1 amide bonds. The summed E-state index contributed by atoms with van der Waals surface area (Å²) in [6, 6.07) is 10.4. The number of nitriles is 1.